The molecule has 1 saturated carbocycles. The van der Waals surface area contributed by atoms with Crippen LogP contribution in [0.5, 0.6) is 0 Å². The average molecular weight is 475 g/mol. The first-order valence-electron chi connectivity index (χ1n) is 11.1. The van der Waals surface area contributed by atoms with Gasteiger partial charge in [-0.2, -0.15) is 0 Å². The summed E-state index contributed by atoms with van der Waals surface area (Å²) in [6.07, 6.45) is 4.66. The maximum atomic E-state index is 12.9. The SMILES string of the molecule is CCCN(CC1CC1)c1cc(C(=O)Cc2ccc(S(=O)(=O)NCCC(=O)O)cc2C)ncn1. The number of nitrogens with one attached hydrogen (secondary N) is 1. The number of carbonyl (C=O) groups is 2. The third kappa shape index (κ3) is 7.06. The Labute approximate surface area is 194 Å². The minimum atomic E-state index is -3.83. The molecule has 3 rings (SSSR count). The van der Waals surface area contributed by atoms with Gasteiger partial charge in [-0.05, 0) is 55.4 Å². The van der Waals surface area contributed by atoms with Gasteiger partial charge in [0.25, 0.3) is 0 Å². The number of hydrogen-bond donors (Lipinski definition) is 2. The molecule has 0 amide bonds. The van der Waals surface area contributed by atoms with Crippen molar-refractivity contribution in [3.8, 4) is 0 Å². The van der Waals surface area contributed by atoms with E-state index in [-0.39, 0.29) is 30.1 Å². The van der Waals surface area contributed by atoms with Gasteiger partial charge < -0.3 is 10.0 Å². The number of carboxylic acid groups (broad SMARTS) is 1. The zero-order chi connectivity index (χ0) is 24.0. The molecule has 2 N–H and O–H groups in total. The summed E-state index contributed by atoms with van der Waals surface area (Å²) in [6, 6.07) is 6.25. The van der Waals surface area contributed by atoms with Crippen LogP contribution in [0.3, 0.4) is 0 Å². The number of anilines is 1. The largest absolute Gasteiger partial charge is 0.481 e. The Bertz CT molecular complexity index is 1120. The number of aryl methyl sites for hydroxylation is 1. The number of ketones is 1. The van der Waals surface area contributed by atoms with Crippen LogP contribution in [-0.2, 0) is 21.2 Å². The summed E-state index contributed by atoms with van der Waals surface area (Å²) in [5.41, 5.74) is 1.69. The maximum absolute atomic E-state index is 12.9. The lowest BCUT2D eigenvalue weighted by Gasteiger charge is -2.23. The molecule has 1 heterocycles. The van der Waals surface area contributed by atoms with Gasteiger partial charge in [0.15, 0.2) is 5.78 Å². The summed E-state index contributed by atoms with van der Waals surface area (Å²) < 4.78 is 27.0. The molecule has 1 aliphatic carbocycles. The predicted octanol–water partition coefficient (Wildman–Crippen LogP) is 2.59. The van der Waals surface area contributed by atoms with Gasteiger partial charge in [-0.1, -0.05) is 13.0 Å². The summed E-state index contributed by atoms with van der Waals surface area (Å²) >= 11 is 0. The molecule has 1 aliphatic rings. The first kappa shape index (κ1) is 24.8. The number of aliphatic carboxylic acids is 1. The van der Waals surface area contributed by atoms with Crippen molar-refractivity contribution in [2.24, 2.45) is 5.92 Å². The van der Waals surface area contributed by atoms with Gasteiger partial charge in [0.2, 0.25) is 10.0 Å². The number of nitrogens with zero attached hydrogens (tertiary/aromatic N) is 3. The number of rotatable bonds is 13. The molecular weight excluding hydrogens is 444 g/mol. The third-order valence-electron chi connectivity index (χ3n) is 5.54. The summed E-state index contributed by atoms with van der Waals surface area (Å²) in [5.74, 6) is 0.204. The Balaban J connectivity index is 1.70. The average Bonchev–Trinajstić information content (AvgIpc) is 3.58. The van der Waals surface area contributed by atoms with E-state index in [0.717, 1.165) is 25.3 Å². The molecule has 0 radical (unpaired) electrons. The fourth-order valence-corrected chi connectivity index (χ4v) is 4.64. The monoisotopic (exact) mass is 474 g/mol. The quantitative estimate of drug-likeness (QED) is 0.424. The van der Waals surface area contributed by atoms with Crippen molar-refractivity contribution in [3.63, 3.8) is 0 Å². The van der Waals surface area contributed by atoms with Crippen molar-refractivity contribution in [1.29, 1.82) is 0 Å². The van der Waals surface area contributed by atoms with E-state index in [4.69, 9.17) is 5.11 Å². The van der Waals surface area contributed by atoms with Crippen molar-refractivity contribution in [1.82, 2.24) is 14.7 Å². The molecule has 9 nitrogen and oxygen atoms in total. The third-order valence-corrected chi connectivity index (χ3v) is 7.00. The molecule has 10 heteroatoms. The van der Waals surface area contributed by atoms with Crippen LogP contribution in [-0.4, -0.2) is 54.9 Å². The Morgan fingerprint density at radius 2 is 1.97 bits per heavy atom. The van der Waals surface area contributed by atoms with E-state index in [1.807, 2.05) is 0 Å². The van der Waals surface area contributed by atoms with Gasteiger partial charge in [0.1, 0.15) is 17.8 Å². The van der Waals surface area contributed by atoms with E-state index in [0.29, 0.717) is 22.7 Å². The summed E-state index contributed by atoms with van der Waals surface area (Å²) in [6.45, 7) is 5.47. The second kappa shape index (κ2) is 10.8. The number of Topliss-reactive ketones (excluding diaryl/α,β-unsaturated/α-hetero) is 1. The van der Waals surface area contributed by atoms with Gasteiger partial charge in [-0.25, -0.2) is 23.1 Å². The summed E-state index contributed by atoms with van der Waals surface area (Å²) in [4.78, 5) is 34.3. The molecular formula is C23H30N4O5S. The second-order valence-electron chi connectivity index (χ2n) is 8.38. The lowest BCUT2D eigenvalue weighted by atomic mass is 10.0. The highest BCUT2D eigenvalue weighted by Crippen LogP contribution is 2.31. The molecule has 1 aromatic carbocycles. The van der Waals surface area contributed by atoms with E-state index in [2.05, 4.69) is 26.5 Å². The van der Waals surface area contributed by atoms with Gasteiger partial charge in [0.05, 0.1) is 11.3 Å². The molecule has 0 bridgehead atoms. The van der Waals surface area contributed by atoms with Crippen molar-refractivity contribution >= 4 is 27.6 Å². The van der Waals surface area contributed by atoms with Crippen LogP contribution in [0.2, 0.25) is 0 Å². The minimum Gasteiger partial charge on any atom is -0.481 e. The highest BCUT2D eigenvalue weighted by molar-refractivity contribution is 7.89. The first-order chi connectivity index (χ1) is 15.7. The fraction of sp³-hybridized carbons (Fsp3) is 0.478. The van der Waals surface area contributed by atoms with Crippen LogP contribution in [0.1, 0.15) is 54.2 Å². The van der Waals surface area contributed by atoms with Gasteiger partial charge in [-0.3, -0.25) is 9.59 Å². The molecule has 33 heavy (non-hydrogen) atoms. The van der Waals surface area contributed by atoms with Crippen LogP contribution < -0.4 is 9.62 Å². The van der Waals surface area contributed by atoms with E-state index in [1.165, 1.54) is 31.3 Å². The number of hydrogen-bond acceptors (Lipinski definition) is 7. The maximum Gasteiger partial charge on any atom is 0.304 e. The highest BCUT2D eigenvalue weighted by atomic mass is 32.2. The van der Waals surface area contributed by atoms with Crippen molar-refractivity contribution in [2.75, 3.05) is 24.5 Å². The lowest BCUT2D eigenvalue weighted by molar-refractivity contribution is -0.136. The molecule has 178 valence electrons. The molecule has 0 unspecified atom stereocenters. The summed E-state index contributed by atoms with van der Waals surface area (Å²) in [7, 11) is -3.83. The van der Waals surface area contributed by atoms with E-state index >= 15 is 0 Å². The van der Waals surface area contributed by atoms with Crippen LogP contribution >= 0.6 is 0 Å². The van der Waals surface area contributed by atoms with Crippen LogP contribution in [0.4, 0.5) is 5.82 Å². The lowest BCUT2D eigenvalue weighted by Crippen LogP contribution is -2.28. The van der Waals surface area contributed by atoms with E-state index < -0.39 is 16.0 Å². The molecule has 0 spiro atoms. The molecule has 1 fully saturated rings. The second-order valence-corrected chi connectivity index (χ2v) is 10.1. The van der Waals surface area contributed by atoms with E-state index in [1.54, 1.807) is 19.1 Å². The van der Waals surface area contributed by atoms with Gasteiger partial charge in [0, 0.05) is 32.1 Å². The highest BCUT2D eigenvalue weighted by Gasteiger charge is 2.25. The number of carboxylic acids is 1. The van der Waals surface area contributed by atoms with Crippen LogP contribution in [0.25, 0.3) is 0 Å². The summed E-state index contributed by atoms with van der Waals surface area (Å²) in [5, 5.41) is 8.68. The van der Waals surface area contributed by atoms with Crippen LogP contribution in [0, 0.1) is 12.8 Å². The number of carbonyl (C=O) groups excluding carboxylic acids is 1. The first-order valence-corrected chi connectivity index (χ1v) is 12.6. The topological polar surface area (TPSA) is 130 Å². The number of sulfonamides is 1. The normalized spacial score (nSPS) is 13.6. The Morgan fingerprint density at radius 1 is 1.21 bits per heavy atom. The minimum absolute atomic E-state index is 0.0289. The Hall–Kier alpha value is -2.85. The number of benzene rings is 1. The molecule has 0 aliphatic heterocycles. The van der Waals surface area contributed by atoms with Crippen molar-refractivity contribution < 1.29 is 23.1 Å². The molecule has 0 saturated heterocycles. The van der Waals surface area contributed by atoms with Crippen molar-refractivity contribution in [2.45, 2.75) is 50.8 Å². The zero-order valence-electron chi connectivity index (χ0n) is 19.0. The number of aromatic nitrogens is 2. The fourth-order valence-electron chi connectivity index (χ4n) is 3.53. The van der Waals surface area contributed by atoms with E-state index in [9.17, 15) is 18.0 Å². The standard InChI is InChI=1S/C23H30N4O5S/c1-3-10-27(14-17-4-5-17)22-13-20(24-15-25-22)21(28)12-18-6-7-19(11-16(18)2)33(31,32)26-9-8-23(29)30/h6-7,11,13,15,17,26H,3-5,8-10,12,14H2,1-2H3,(H,29,30). The molecule has 1 aromatic heterocycles. The van der Waals surface area contributed by atoms with Gasteiger partial charge >= 0.3 is 5.97 Å². The Morgan fingerprint density at radius 3 is 2.61 bits per heavy atom. The van der Waals surface area contributed by atoms with Crippen molar-refractivity contribution in [3.05, 3.63) is 47.4 Å². The Kier molecular flexibility index (Phi) is 8.15. The van der Waals surface area contributed by atoms with Crippen LogP contribution in [0.15, 0.2) is 35.5 Å². The molecule has 2 aromatic rings. The van der Waals surface area contributed by atoms with Gasteiger partial charge in [-0.15, -0.1) is 0 Å². The predicted molar refractivity (Wildman–Crippen MR) is 124 cm³/mol. The zero-order valence-corrected chi connectivity index (χ0v) is 19.8. The molecule has 0 atom stereocenters. The smallest absolute Gasteiger partial charge is 0.304 e.